The Bertz CT molecular complexity index is 1170. The number of halogens is 1. The van der Waals surface area contributed by atoms with E-state index in [1.165, 1.54) is 0 Å². The largest absolute Gasteiger partial charge is 0.373 e. The van der Waals surface area contributed by atoms with Crippen LogP contribution < -0.4 is 5.32 Å². The maximum atomic E-state index is 14.5. The third-order valence-corrected chi connectivity index (χ3v) is 5.81. The minimum absolute atomic E-state index is 0.227. The lowest BCUT2D eigenvalue weighted by Crippen LogP contribution is -2.46. The highest BCUT2D eigenvalue weighted by Gasteiger charge is 2.35. The number of benzene rings is 1. The van der Waals surface area contributed by atoms with Gasteiger partial charge in [-0.1, -0.05) is 6.58 Å². The van der Waals surface area contributed by atoms with Gasteiger partial charge in [0.05, 0.1) is 36.0 Å². The lowest BCUT2D eigenvalue weighted by atomic mass is 9.86. The first-order valence-electron chi connectivity index (χ1n) is 9.49. The van der Waals surface area contributed by atoms with E-state index in [-0.39, 0.29) is 11.9 Å². The number of hydrogen-bond acceptors (Lipinski definition) is 3. The van der Waals surface area contributed by atoms with Gasteiger partial charge in [-0.05, 0) is 42.3 Å². The average molecular weight is 391 g/mol. The van der Waals surface area contributed by atoms with Gasteiger partial charge in [-0.25, -0.2) is 4.39 Å². The average Bonchev–Trinajstić information content (AvgIpc) is 3.30. The van der Waals surface area contributed by atoms with Gasteiger partial charge in [-0.2, -0.15) is 0 Å². The zero-order valence-electron chi connectivity index (χ0n) is 16.3. The summed E-state index contributed by atoms with van der Waals surface area (Å²) in [6, 6.07) is 7.04. The Kier molecular flexibility index (Phi) is 3.89. The Morgan fingerprint density at radius 1 is 1.28 bits per heavy atom. The van der Waals surface area contributed by atoms with Crippen molar-refractivity contribution in [2.24, 2.45) is 0 Å². The summed E-state index contributed by atoms with van der Waals surface area (Å²) in [5.74, 6) is 0.0995. The van der Waals surface area contributed by atoms with Crippen molar-refractivity contribution in [1.82, 2.24) is 20.2 Å². The zero-order chi connectivity index (χ0) is 20.3. The fourth-order valence-corrected chi connectivity index (χ4v) is 4.20. The molecule has 0 fully saturated rings. The van der Waals surface area contributed by atoms with Gasteiger partial charge >= 0.3 is 0 Å². The van der Waals surface area contributed by atoms with Gasteiger partial charge in [-0.15, -0.1) is 0 Å². The molecule has 0 aliphatic carbocycles. The van der Waals surface area contributed by atoms with Crippen molar-refractivity contribution in [3.63, 3.8) is 0 Å². The monoisotopic (exact) mass is 391 g/mol. The van der Waals surface area contributed by atoms with Crippen molar-refractivity contribution in [1.29, 1.82) is 5.41 Å². The molecule has 0 unspecified atom stereocenters. The number of nitrogens with zero attached hydrogens (tertiary/aromatic N) is 1. The molecule has 6 nitrogen and oxygen atoms in total. The second-order valence-corrected chi connectivity index (χ2v) is 7.62. The molecule has 4 N–H and O–H groups in total. The van der Waals surface area contributed by atoms with Gasteiger partial charge in [0.2, 0.25) is 0 Å². The molecule has 148 valence electrons. The summed E-state index contributed by atoms with van der Waals surface area (Å²) in [6.45, 7) is 6.68. The first kappa shape index (κ1) is 17.8. The summed E-state index contributed by atoms with van der Waals surface area (Å²) >= 11 is 0. The molecular formula is C22H22FN5O. The van der Waals surface area contributed by atoms with Gasteiger partial charge in [-0.3, -0.25) is 5.41 Å². The fraction of sp³-hybridized carbons (Fsp3) is 0.227. The van der Waals surface area contributed by atoms with Crippen LogP contribution in [0.2, 0.25) is 0 Å². The summed E-state index contributed by atoms with van der Waals surface area (Å²) in [5, 5.41) is 12.1. The third-order valence-electron chi connectivity index (χ3n) is 5.81. The number of likely N-dealkylation sites (N-methyl/N-ethyl adjacent to an activating group) is 1. The molecular weight excluding hydrogens is 369 g/mol. The van der Waals surface area contributed by atoms with E-state index in [0.717, 1.165) is 39.1 Å². The van der Waals surface area contributed by atoms with E-state index < -0.39 is 0 Å². The van der Waals surface area contributed by atoms with Crippen LogP contribution in [0.5, 0.6) is 0 Å². The van der Waals surface area contributed by atoms with E-state index in [1.54, 1.807) is 13.0 Å². The van der Waals surface area contributed by atoms with E-state index in [0.29, 0.717) is 30.3 Å². The minimum atomic E-state index is -0.244. The van der Waals surface area contributed by atoms with Crippen LogP contribution in [0.3, 0.4) is 0 Å². The number of fused-ring (bicyclic) bond motifs is 3. The molecule has 0 amide bonds. The highest BCUT2D eigenvalue weighted by atomic mass is 19.1. The molecule has 7 heteroatoms. The SMILES string of the molecule is C=C1NC2=C(c3cc(F)c(C)cc31)[C@H](N(C)C(=N)c1cc3[nH]ccc3[nH]1)COC2. The lowest BCUT2D eigenvalue weighted by Gasteiger charge is -2.39. The second-order valence-electron chi connectivity index (χ2n) is 7.62. The van der Waals surface area contributed by atoms with Crippen molar-refractivity contribution >= 4 is 28.1 Å². The Hall–Kier alpha value is -3.32. The molecule has 0 bridgehead atoms. The summed E-state index contributed by atoms with van der Waals surface area (Å²) < 4.78 is 20.3. The molecule has 0 spiro atoms. The number of rotatable bonds is 2. The number of ether oxygens (including phenoxy) is 1. The van der Waals surface area contributed by atoms with Gasteiger partial charge in [0, 0.05) is 35.8 Å². The molecule has 5 rings (SSSR count). The molecule has 3 aromatic rings. The van der Waals surface area contributed by atoms with Crippen LogP contribution in [0, 0.1) is 18.2 Å². The minimum Gasteiger partial charge on any atom is -0.373 e. The van der Waals surface area contributed by atoms with Crippen LogP contribution in [0.25, 0.3) is 22.3 Å². The smallest absolute Gasteiger partial charge is 0.145 e. The molecule has 1 atom stereocenters. The van der Waals surface area contributed by atoms with Crippen LogP contribution in [0.15, 0.2) is 42.7 Å². The van der Waals surface area contributed by atoms with Crippen LogP contribution in [-0.4, -0.2) is 47.0 Å². The van der Waals surface area contributed by atoms with Gasteiger partial charge in [0.15, 0.2) is 0 Å². The van der Waals surface area contributed by atoms with Crippen molar-refractivity contribution in [3.05, 3.63) is 70.9 Å². The Morgan fingerprint density at radius 2 is 2.10 bits per heavy atom. The maximum Gasteiger partial charge on any atom is 0.145 e. The molecule has 1 aromatic carbocycles. The number of amidine groups is 1. The molecule has 0 radical (unpaired) electrons. The predicted molar refractivity (Wildman–Crippen MR) is 112 cm³/mol. The third kappa shape index (κ3) is 2.69. The van der Waals surface area contributed by atoms with E-state index in [4.69, 9.17) is 10.1 Å². The van der Waals surface area contributed by atoms with Crippen molar-refractivity contribution in [3.8, 4) is 0 Å². The van der Waals surface area contributed by atoms with Gasteiger partial charge in [0.25, 0.3) is 0 Å². The first-order valence-corrected chi connectivity index (χ1v) is 9.49. The summed E-state index contributed by atoms with van der Waals surface area (Å²) in [6.07, 6.45) is 1.86. The highest BCUT2D eigenvalue weighted by molar-refractivity contribution is 6.00. The van der Waals surface area contributed by atoms with E-state index in [2.05, 4.69) is 21.9 Å². The summed E-state index contributed by atoms with van der Waals surface area (Å²) in [4.78, 5) is 8.28. The quantitative estimate of drug-likeness (QED) is 0.398. The van der Waals surface area contributed by atoms with Crippen molar-refractivity contribution in [2.75, 3.05) is 20.3 Å². The number of aryl methyl sites for hydroxylation is 1. The molecule has 4 heterocycles. The molecule has 0 saturated carbocycles. The second kappa shape index (κ2) is 6.35. The maximum absolute atomic E-state index is 14.5. The Morgan fingerprint density at radius 3 is 2.90 bits per heavy atom. The van der Waals surface area contributed by atoms with E-state index in [1.807, 2.05) is 36.3 Å². The lowest BCUT2D eigenvalue weighted by molar-refractivity contribution is 0.111. The van der Waals surface area contributed by atoms with Crippen LogP contribution in [-0.2, 0) is 4.74 Å². The number of nitrogens with one attached hydrogen (secondary N) is 4. The Balaban J connectivity index is 1.56. The zero-order valence-corrected chi connectivity index (χ0v) is 16.3. The number of aromatic nitrogens is 2. The van der Waals surface area contributed by atoms with Gasteiger partial charge < -0.3 is 24.9 Å². The van der Waals surface area contributed by atoms with Crippen LogP contribution >= 0.6 is 0 Å². The molecule has 2 aliphatic heterocycles. The fourth-order valence-electron chi connectivity index (χ4n) is 4.20. The number of hydrogen-bond donors (Lipinski definition) is 4. The van der Waals surface area contributed by atoms with E-state index >= 15 is 0 Å². The number of H-pyrrole nitrogens is 2. The normalized spacial score (nSPS) is 18.4. The molecule has 0 saturated heterocycles. The van der Waals surface area contributed by atoms with Crippen molar-refractivity contribution < 1.29 is 9.13 Å². The van der Waals surface area contributed by atoms with Crippen LogP contribution in [0.1, 0.15) is 22.4 Å². The van der Waals surface area contributed by atoms with Crippen molar-refractivity contribution in [2.45, 2.75) is 13.0 Å². The molecule has 29 heavy (non-hydrogen) atoms. The topological polar surface area (TPSA) is 79.9 Å². The highest BCUT2D eigenvalue weighted by Crippen LogP contribution is 2.38. The standard InChI is InChI=1S/C22H22FN5O/c1-11-6-13-12(2)26-19-9-29-10-20(21(19)14(13)7-15(11)23)28(3)22(24)18-8-17-16(27-18)4-5-25-17/h4-8,20,24-27H,2,9-10H2,1,3H3/t20-/m1/s1. The van der Waals surface area contributed by atoms with E-state index in [9.17, 15) is 4.39 Å². The molecule has 2 aliphatic rings. The molecule has 2 aromatic heterocycles. The van der Waals surface area contributed by atoms with Crippen LogP contribution in [0.4, 0.5) is 4.39 Å². The first-order chi connectivity index (χ1) is 13.9. The van der Waals surface area contributed by atoms with Gasteiger partial charge in [0.1, 0.15) is 11.7 Å². The Labute approximate surface area is 167 Å². The predicted octanol–water partition coefficient (Wildman–Crippen LogP) is 3.58. The number of aromatic amines is 2. The summed E-state index contributed by atoms with van der Waals surface area (Å²) in [7, 11) is 1.87. The summed E-state index contributed by atoms with van der Waals surface area (Å²) in [5.41, 5.74) is 7.49.